The first kappa shape index (κ1) is 13.9. The van der Waals surface area contributed by atoms with Crippen LogP contribution in [0.4, 0.5) is 11.8 Å². The molecule has 1 aliphatic rings. The van der Waals surface area contributed by atoms with Gasteiger partial charge in [-0.1, -0.05) is 43.7 Å². The molecule has 1 fully saturated rings. The monoisotopic (exact) mass is 282 g/mol. The van der Waals surface area contributed by atoms with Gasteiger partial charge in [-0.15, -0.1) is 0 Å². The third-order valence-corrected chi connectivity index (χ3v) is 3.54. The molecule has 3 rings (SSSR count). The maximum atomic E-state index is 4.65. The van der Waals surface area contributed by atoms with Crippen molar-refractivity contribution in [1.29, 1.82) is 0 Å². The zero-order chi connectivity index (χ0) is 14.5. The Morgan fingerprint density at radius 3 is 2.67 bits per heavy atom. The highest BCUT2D eigenvalue weighted by molar-refractivity contribution is 5.64. The van der Waals surface area contributed by atoms with Crippen molar-refractivity contribution in [2.45, 2.75) is 38.6 Å². The molecule has 110 valence electrons. The van der Waals surface area contributed by atoms with Crippen LogP contribution in [0.15, 0.2) is 36.4 Å². The average Bonchev–Trinajstić information content (AvgIpc) is 3.32. The quantitative estimate of drug-likeness (QED) is 0.755. The highest BCUT2D eigenvalue weighted by Crippen LogP contribution is 2.26. The number of nitrogens with one attached hydrogen (secondary N) is 2. The highest BCUT2D eigenvalue weighted by atomic mass is 15.2. The van der Waals surface area contributed by atoms with E-state index in [2.05, 4.69) is 39.7 Å². The fourth-order valence-electron chi connectivity index (χ4n) is 2.16. The third kappa shape index (κ3) is 3.94. The van der Waals surface area contributed by atoms with Crippen molar-refractivity contribution < 1.29 is 0 Å². The second-order valence-corrected chi connectivity index (χ2v) is 5.53. The van der Waals surface area contributed by atoms with Gasteiger partial charge in [0.2, 0.25) is 5.95 Å². The Hall–Kier alpha value is -2.10. The molecule has 1 aliphatic carbocycles. The zero-order valence-corrected chi connectivity index (χ0v) is 12.5. The maximum Gasteiger partial charge on any atom is 0.225 e. The molecule has 0 spiro atoms. The van der Waals surface area contributed by atoms with Crippen molar-refractivity contribution in [2.24, 2.45) is 0 Å². The number of hydrogen-bond donors (Lipinski definition) is 2. The fourth-order valence-corrected chi connectivity index (χ4v) is 2.16. The number of hydrogen-bond acceptors (Lipinski definition) is 4. The van der Waals surface area contributed by atoms with E-state index in [1.54, 1.807) is 0 Å². The third-order valence-electron chi connectivity index (χ3n) is 3.54. The number of benzene rings is 1. The first-order valence-electron chi connectivity index (χ1n) is 7.80. The summed E-state index contributed by atoms with van der Waals surface area (Å²) in [6.45, 7) is 3.14. The zero-order valence-electron chi connectivity index (χ0n) is 12.5. The largest absolute Gasteiger partial charge is 0.370 e. The molecule has 4 heteroatoms. The Labute approximate surface area is 126 Å². The molecule has 1 aromatic heterocycles. The first-order valence-corrected chi connectivity index (χ1v) is 7.80. The van der Waals surface area contributed by atoms with Crippen molar-refractivity contribution in [2.75, 3.05) is 17.2 Å². The summed E-state index contributed by atoms with van der Waals surface area (Å²) in [5.41, 5.74) is 2.09. The molecule has 0 radical (unpaired) electrons. The summed E-state index contributed by atoms with van der Waals surface area (Å²) in [5, 5.41) is 6.79. The minimum absolute atomic E-state index is 0.555. The van der Waals surface area contributed by atoms with E-state index in [-0.39, 0.29) is 0 Å². The first-order chi connectivity index (χ1) is 10.3. The number of nitrogens with zero attached hydrogens (tertiary/aromatic N) is 2. The van der Waals surface area contributed by atoms with E-state index in [1.165, 1.54) is 19.3 Å². The summed E-state index contributed by atoms with van der Waals surface area (Å²) in [7, 11) is 0. The molecule has 0 aliphatic heterocycles. The lowest BCUT2D eigenvalue weighted by Crippen LogP contribution is -2.09. The van der Waals surface area contributed by atoms with Crippen molar-refractivity contribution >= 4 is 11.8 Å². The fraction of sp³-hybridized carbons (Fsp3) is 0.412. The minimum Gasteiger partial charge on any atom is -0.370 e. The minimum atomic E-state index is 0.555. The van der Waals surface area contributed by atoms with Crippen LogP contribution in [0, 0.1) is 0 Å². The van der Waals surface area contributed by atoms with Gasteiger partial charge in [0.1, 0.15) is 5.82 Å². The SMILES string of the molecule is CCCCNc1cc(-c2ccccc2)nc(NC2CC2)n1. The summed E-state index contributed by atoms with van der Waals surface area (Å²) < 4.78 is 0. The van der Waals surface area contributed by atoms with Crippen LogP contribution >= 0.6 is 0 Å². The molecule has 0 bridgehead atoms. The van der Waals surface area contributed by atoms with E-state index in [9.17, 15) is 0 Å². The lowest BCUT2D eigenvalue weighted by Gasteiger charge is -2.11. The molecule has 0 saturated heterocycles. The van der Waals surface area contributed by atoms with Crippen LogP contribution in [0.2, 0.25) is 0 Å². The van der Waals surface area contributed by atoms with Gasteiger partial charge in [-0.25, -0.2) is 4.98 Å². The van der Waals surface area contributed by atoms with Gasteiger partial charge < -0.3 is 10.6 Å². The Bertz CT molecular complexity index is 579. The lowest BCUT2D eigenvalue weighted by atomic mass is 10.1. The number of aromatic nitrogens is 2. The van der Waals surface area contributed by atoms with Gasteiger partial charge in [0.05, 0.1) is 5.69 Å². The van der Waals surface area contributed by atoms with E-state index in [4.69, 9.17) is 0 Å². The van der Waals surface area contributed by atoms with Crippen LogP contribution in [0.5, 0.6) is 0 Å². The van der Waals surface area contributed by atoms with Crippen LogP contribution in [0.1, 0.15) is 32.6 Å². The van der Waals surface area contributed by atoms with E-state index in [0.29, 0.717) is 6.04 Å². The maximum absolute atomic E-state index is 4.65. The Morgan fingerprint density at radius 1 is 1.14 bits per heavy atom. The molecule has 2 N–H and O–H groups in total. The molecule has 1 saturated carbocycles. The molecule has 21 heavy (non-hydrogen) atoms. The van der Waals surface area contributed by atoms with Crippen LogP contribution in [0.3, 0.4) is 0 Å². The van der Waals surface area contributed by atoms with Gasteiger partial charge in [-0.05, 0) is 19.3 Å². The van der Waals surface area contributed by atoms with Crippen molar-refractivity contribution in [3.8, 4) is 11.3 Å². The van der Waals surface area contributed by atoms with Crippen LogP contribution < -0.4 is 10.6 Å². The molecule has 4 nitrogen and oxygen atoms in total. The Balaban J connectivity index is 1.84. The number of unbranched alkanes of at least 4 members (excludes halogenated alkanes) is 1. The molecule has 0 atom stereocenters. The van der Waals surface area contributed by atoms with Crippen molar-refractivity contribution in [3.63, 3.8) is 0 Å². The summed E-state index contributed by atoms with van der Waals surface area (Å²) in [6, 6.07) is 12.8. The van der Waals surface area contributed by atoms with Gasteiger partial charge in [0.15, 0.2) is 0 Å². The summed E-state index contributed by atoms with van der Waals surface area (Å²) in [4.78, 5) is 9.23. The van der Waals surface area contributed by atoms with Gasteiger partial charge in [-0.2, -0.15) is 4.98 Å². The molecular weight excluding hydrogens is 260 g/mol. The Kier molecular flexibility index (Phi) is 4.34. The van der Waals surface area contributed by atoms with Crippen LogP contribution in [-0.4, -0.2) is 22.6 Å². The van der Waals surface area contributed by atoms with Crippen LogP contribution in [0.25, 0.3) is 11.3 Å². The van der Waals surface area contributed by atoms with Crippen molar-refractivity contribution in [1.82, 2.24) is 9.97 Å². The highest BCUT2D eigenvalue weighted by Gasteiger charge is 2.22. The molecule has 0 amide bonds. The normalized spacial score (nSPS) is 14.0. The lowest BCUT2D eigenvalue weighted by molar-refractivity contribution is 0.830. The van der Waals surface area contributed by atoms with Crippen molar-refractivity contribution in [3.05, 3.63) is 36.4 Å². The average molecular weight is 282 g/mol. The summed E-state index contributed by atoms with van der Waals surface area (Å²) in [5.74, 6) is 1.64. The molecule has 1 heterocycles. The molecule has 1 aromatic carbocycles. The second kappa shape index (κ2) is 6.57. The Morgan fingerprint density at radius 2 is 1.95 bits per heavy atom. The molecule has 0 unspecified atom stereocenters. The molecule has 2 aromatic rings. The predicted molar refractivity (Wildman–Crippen MR) is 87.5 cm³/mol. The standard InChI is InChI=1S/C17H22N4/c1-2-3-11-18-16-12-15(13-7-5-4-6-8-13)20-17(21-16)19-14-9-10-14/h4-8,12,14H,2-3,9-11H2,1H3,(H2,18,19,20,21). The van der Waals surface area contributed by atoms with E-state index < -0.39 is 0 Å². The topological polar surface area (TPSA) is 49.8 Å². The van der Waals surface area contributed by atoms with E-state index in [0.717, 1.165) is 36.0 Å². The summed E-state index contributed by atoms with van der Waals surface area (Å²) >= 11 is 0. The van der Waals surface area contributed by atoms with Gasteiger partial charge >= 0.3 is 0 Å². The van der Waals surface area contributed by atoms with E-state index >= 15 is 0 Å². The van der Waals surface area contributed by atoms with Gasteiger partial charge in [0.25, 0.3) is 0 Å². The molecular formula is C17H22N4. The van der Waals surface area contributed by atoms with Gasteiger partial charge in [-0.3, -0.25) is 0 Å². The summed E-state index contributed by atoms with van der Waals surface area (Å²) in [6.07, 6.45) is 4.77. The smallest absolute Gasteiger partial charge is 0.225 e. The second-order valence-electron chi connectivity index (χ2n) is 5.53. The predicted octanol–water partition coefficient (Wildman–Crippen LogP) is 3.93. The van der Waals surface area contributed by atoms with Gasteiger partial charge in [0, 0.05) is 24.2 Å². The number of anilines is 2. The van der Waals surface area contributed by atoms with E-state index in [1.807, 2.05) is 24.3 Å². The van der Waals surface area contributed by atoms with Crippen LogP contribution in [-0.2, 0) is 0 Å². The number of rotatable bonds is 7.